The van der Waals surface area contributed by atoms with Gasteiger partial charge in [0.15, 0.2) is 0 Å². The predicted molar refractivity (Wildman–Crippen MR) is 117 cm³/mol. The van der Waals surface area contributed by atoms with Gasteiger partial charge in [-0.05, 0) is 54.8 Å². The molecule has 1 aliphatic heterocycles. The number of ether oxygens (including phenoxy) is 1. The molecule has 2 aromatic heterocycles. The van der Waals surface area contributed by atoms with E-state index in [9.17, 15) is 4.79 Å². The number of fused-ring (bicyclic) bond motifs is 3. The smallest absolute Gasteiger partial charge is 0.256 e. The zero-order valence-electron chi connectivity index (χ0n) is 16.8. The van der Waals surface area contributed by atoms with Crippen LogP contribution in [0.2, 0.25) is 0 Å². The Bertz CT molecular complexity index is 1180. The molecular formula is C25H23N3O2. The molecule has 1 amide bonds. The topological polar surface area (TPSA) is 58.2 Å². The van der Waals surface area contributed by atoms with Gasteiger partial charge < -0.3 is 14.6 Å². The quantitative estimate of drug-likeness (QED) is 0.541. The Morgan fingerprint density at radius 1 is 1.13 bits per heavy atom. The van der Waals surface area contributed by atoms with Gasteiger partial charge in [0, 0.05) is 35.5 Å². The second-order valence-electron chi connectivity index (χ2n) is 7.46. The first-order valence-electron chi connectivity index (χ1n) is 10.3. The summed E-state index contributed by atoms with van der Waals surface area (Å²) >= 11 is 0. The molecular weight excluding hydrogens is 374 g/mol. The van der Waals surface area contributed by atoms with Crippen LogP contribution in [0.3, 0.4) is 0 Å². The number of amides is 1. The molecule has 1 atom stereocenters. The Morgan fingerprint density at radius 3 is 2.73 bits per heavy atom. The molecule has 0 radical (unpaired) electrons. The van der Waals surface area contributed by atoms with Gasteiger partial charge in [0.25, 0.3) is 5.91 Å². The fourth-order valence-corrected chi connectivity index (χ4v) is 4.37. The minimum Gasteiger partial charge on any atom is -0.494 e. The van der Waals surface area contributed by atoms with Crippen molar-refractivity contribution in [3.8, 4) is 5.75 Å². The van der Waals surface area contributed by atoms with Crippen LogP contribution in [0.25, 0.3) is 10.9 Å². The van der Waals surface area contributed by atoms with Gasteiger partial charge in [-0.3, -0.25) is 9.78 Å². The van der Waals surface area contributed by atoms with Crippen molar-refractivity contribution in [2.45, 2.75) is 19.4 Å². The van der Waals surface area contributed by atoms with Gasteiger partial charge in [-0.1, -0.05) is 30.3 Å². The van der Waals surface area contributed by atoms with Crippen LogP contribution in [0.1, 0.15) is 40.1 Å². The van der Waals surface area contributed by atoms with Crippen molar-refractivity contribution in [2.24, 2.45) is 0 Å². The summed E-state index contributed by atoms with van der Waals surface area (Å²) in [6, 6.07) is 19.8. The van der Waals surface area contributed by atoms with Gasteiger partial charge in [0.1, 0.15) is 5.75 Å². The molecule has 0 spiro atoms. The number of aromatic amines is 1. The monoisotopic (exact) mass is 397 g/mol. The summed E-state index contributed by atoms with van der Waals surface area (Å²) in [6.07, 6.45) is 4.14. The van der Waals surface area contributed by atoms with E-state index in [0.29, 0.717) is 18.7 Å². The van der Waals surface area contributed by atoms with E-state index in [2.05, 4.69) is 40.3 Å². The van der Waals surface area contributed by atoms with Crippen LogP contribution >= 0.6 is 0 Å². The number of nitrogens with zero attached hydrogens (tertiary/aromatic N) is 2. The number of H-pyrrole nitrogens is 1. The van der Waals surface area contributed by atoms with Crippen molar-refractivity contribution < 1.29 is 9.53 Å². The number of aromatic nitrogens is 2. The number of carbonyl (C=O) groups is 1. The van der Waals surface area contributed by atoms with E-state index in [0.717, 1.165) is 28.9 Å². The van der Waals surface area contributed by atoms with Gasteiger partial charge in [0.05, 0.1) is 18.2 Å². The first-order chi connectivity index (χ1) is 14.8. The third-order valence-corrected chi connectivity index (χ3v) is 5.71. The van der Waals surface area contributed by atoms with E-state index in [1.807, 2.05) is 36.1 Å². The molecule has 0 bridgehead atoms. The zero-order chi connectivity index (χ0) is 20.5. The number of rotatable bonds is 4. The Kier molecular flexibility index (Phi) is 4.71. The molecule has 150 valence electrons. The van der Waals surface area contributed by atoms with Gasteiger partial charge in [-0.15, -0.1) is 0 Å². The largest absolute Gasteiger partial charge is 0.494 e. The SMILES string of the molecule is CCOc1ccc([C@H]2c3[nH]c4ccccc4c3CCN2C(=O)c2cccnc2)cc1. The van der Waals surface area contributed by atoms with Crippen molar-refractivity contribution in [1.29, 1.82) is 0 Å². The third kappa shape index (κ3) is 3.12. The van der Waals surface area contributed by atoms with E-state index in [-0.39, 0.29) is 11.9 Å². The highest BCUT2D eigenvalue weighted by Crippen LogP contribution is 2.39. The van der Waals surface area contributed by atoms with Crippen LogP contribution in [0.5, 0.6) is 5.75 Å². The van der Waals surface area contributed by atoms with Crippen molar-refractivity contribution in [1.82, 2.24) is 14.9 Å². The molecule has 3 heterocycles. The first kappa shape index (κ1) is 18.4. The van der Waals surface area contributed by atoms with Crippen molar-refractivity contribution >= 4 is 16.8 Å². The highest BCUT2D eigenvalue weighted by Gasteiger charge is 2.35. The van der Waals surface area contributed by atoms with E-state index in [1.54, 1.807) is 18.5 Å². The molecule has 5 heteroatoms. The van der Waals surface area contributed by atoms with E-state index in [1.165, 1.54) is 10.9 Å². The number of carbonyl (C=O) groups excluding carboxylic acids is 1. The average molecular weight is 397 g/mol. The molecule has 2 aromatic carbocycles. The van der Waals surface area contributed by atoms with Crippen LogP contribution in [0.4, 0.5) is 0 Å². The molecule has 5 nitrogen and oxygen atoms in total. The normalized spacial score (nSPS) is 15.8. The van der Waals surface area contributed by atoms with Crippen molar-refractivity contribution in [3.63, 3.8) is 0 Å². The Balaban J connectivity index is 1.63. The van der Waals surface area contributed by atoms with Crippen molar-refractivity contribution in [2.75, 3.05) is 13.2 Å². The number of para-hydroxylation sites is 1. The predicted octanol–water partition coefficient (Wildman–Crippen LogP) is 4.75. The maximum Gasteiger partial charge on any atom is 0.256 e. The summed E-state index contributed by atoms with van der Waals surface area (Å²) in [4.78, 5) is 23.1. The van der Waals surface area contributed by atoms with Crippen LogP contribution in [0, 0.1) is 0 Å². The molecule has 0 aliphatic carbocycles. The lowest BCUT2D eigenvalue weighted by Crippen LogP contribution is -2.40. The number of benzene rings is 2. The highest BCUT2D eigenvalue weighted by molar-refractivity contribution is 5.95. The summed E-state index contributed by atoms with van der Waals surface area (Å²) < 4.78 is 5.61. The lowest BCUT2D eigenvalue weighted by Gasteiger charge is -2.36. The number of nitrogens with one attached hydrogen (secondary N) is 1. The molecule has 0 fully saturated rings. The lowest BCUT2D eigenvalue weighted by molar-refractivity contribution is 0.0691. The third-order valence-electron chi connectivity index (χ3n) is 5.71. The highest BCUT2D eigenvalue weighted by atomic mass is 16.5. The summed E-state index contributed by atoms with van der Waals surface area (Å²) in [5.41, 5.74) is 5.15. The van der Waals surface area contributed by atoms with Crippen LogP contribution in [-0.2, 0) is 6.42 Å². The number of hydrogen-bond donors (Lipinski definition) is 1. The summed E-state index contributed by atoms with van der Waals surface area (Å²) in [7, 11) is 0. The maximum absolute atomic E-state index is 13.4. The van der Waals surface area contributed by atoms with Crippen LogP contribution in [-0.4, -0.2) is 33.9 Å². The van der Waals surface area contributed by atoms with E-state index >= 15 is 0 Å². The lowest BCUT2D eigenvalue weighted by atomic mass is 9.91. The van der Waals surface area contributed by atoms with Gasteiger partial charge in [0.2, 0.25) is 0 Å². The molecule has 30 heavy (non-hydrogen) atoms. The van der Waals surface area contributed by atoms with E-state index < -0.39 is 0 Å². The average Bonchev–Trinajstić information content (AvgIpc) is 3.18. The molecule has 0 saturated carbocycles. The maximum atomic E-state index is 13.4. The Morgan fingerprint density at radius 2 is 1.97 bits per heavy atom. The number of pyridine rings is 1. The minimum absolute atomic E-state index is 0.00806. The molecule has 0 saturated heterocycles. The molecule has 1 N–H and O–H groups in total. The molecule has 5 rings (SSSR count). The second-order valence-corrected chi connectivity index (χ2v) is 7.46. The van der Waals surface area contributed by atoms with Crippen LogP contribution in [0.15, 0.2) is 73.1 Å². The summed E-state index contributed by atoms with van der Waals surface area (Å²) in [5, 5.41) is 1.23. The van der Waals surface area contributed by atoms with Gasteiger partial charge in [-0.25, -0.2) is 0 Å². The standard InChI is InChI=1S/C25H23N3O2/c1-2-30-19-11-9-17(10-12-19)24-23-21(20-7-3-4-8-22(20)27-23)13-15-28(24)25(29)18-6-5-14-26-16-18/h3-12,14,16,24,27H,2,13,15H2,1H3/t24-/m0/s1. The summed E-state index contributed by atoms with van der Waals surface area (Å²) in [6.45, 7) is 3.25. The fourth-order valence-electron chi connectivity index (χ4n) is 4.37. The Hall–Kier alpha value is -3.60. The van der Waals surface area contributed by atoms with Crippen LogP contribution < -0.4 is 4.74 Å². The Labute approximate surface area is 175 Å². The number of hydrogen-bond acceptors (Lipinski definition) is 3. The molecule has 4 aromatic rings. The molecule has 1 aliphatic rings. The van der Waals surface area contributed by atoms with Crippen molar-refractivity contribution in [3.05, 3.63) is 95.4 Å². The zero-order valence-corrected chi connectivity index (χ0v) is 16.8. The van der Waals surface area contributed by atoms with E-state index in [4.69, 9.17) is 4.74 Å². The summed E-state index contributed by atoms with van der Waals surface area (Å²) in [5.74, 6) is 0.824. The first-order valence-corrected chi connectivity index (χ1v) is 10.3. The van der Waals surface area contributed by atoms with Gasteiger partial charge >= 0.3 is 0 Å². The second kappa shape index (κ2) is 7.67. The molecule has 0 unspecified atom stereocenters. The van der Waals surface area contributed by atoms with Gasteiger partial charge in [-0.2, -0.15) is 0 Å². The minimum atomic E-state index is -0.190. The fraction of sp³-hybridized carbons (Fsp3) is 0.200.